The lowest BCUT2D eigenvalue weighted by Crippen LogP contribution is -2.31. The Morgan fingerprint density at radius 2 is 2.25 bits per heavy atom. The van der Waals surface area contributed by atoms with E-state index in [4.69, 9.17) is 4.74 Å². The maximum absolute atomic E-state index is 12.2. The molecule has 0 aliphatic carbocycles. The predicted molar refractivity (Wildman–Crippen MR) is 67.3 cm³/mol. The highest BCUT2D eigenvalue weighted by Crippen LogP contribution is 2.19. The van der Waals surface area contributed by atoms with Crippen molar-refractivity contribution in [3.8, 4) is 0 Å². The van der Waals surface area contributed by atoms with Crippen LogP contribution in [0.1, 0.15) is 21.5 Å². The fourth-order valence-electron chi connectivity index (χ4n) is 1.90. The summed E-state index contributed by atoms with van der Waals surface area (Å²) in [6.45, 7) is 4.70. The van der Waals surface area contributed by atoms with Crippen molar-refractivity contribution in [2.24, 2.45) is 0 Å². The van der Waals surface area contributed by atoms with Gasteiger partial charge in [-0.3, -0.25) is 4.79 Å². The van der Waals surface area contributed by atoms with Crippen molar-refractivity contribution in [2.75, 3.05) is 18.1 Å². The van der Waals surface area contributed by atoms with Crippen LogP contribution in [0.2, 0.25) is 0 Å². The molecule has 0 bridgehead atoms. The molecular formula is C13H16O2S. The minimum Gasteiger partial charge on any atom is -0.368 e. The molecule has 0 aromatic heterocycles. The summed E-state index contributed by atoms with van der Waals surface area (Å²) in [5, 5.41) is 0. The normalized spacial score (nSPS) is 20.8. The molecule has 0 spiro atoms. The summed E-state index contributed by atoms with van der Waals surface area (Å²) in [7, 11) is 0. The molecule has 1 aromatic rings. The van der Waals surface area contributed by atoms with Crippen LogP contribution in [0.25, 0.3) is 0 Å². The van der Waals surface area contributed by atoms with Crippen molar-refractivity contribution >= 4 is 17.5 Å². The SMILES string of the molecule is Cc1ccc(C(=O)C2CSCCO2)c(C)c1. The standard InChI is InChI=1S/C13H16O2S/c1-9-3-4-11(10(2)7-9)13(14)12-8-16-6-5-15-12/h3-4,7,12H,5-6,8H2,1-2H3. The first-order valence-corrected chi connectivity index (χ1v) is 6.65. The molecule has 0 amide bonds. The van der Waals surface area contributed by atoms with Crippen LogP contribution < -0.4 is 0 Å². The lowest BCUT2D eigenvalue weighted by Gasteiger charge is -2.21. The predicted octanol–water partition coefficient (Wildman–Crippen LogP) is 2.62. The monoisotopic (exact) mass is 236 g/mol. The second-order valence-corrected chi connectivity index (χ2v) is 5.27. The molecular weight excluding hydrogens is 220 g/mol. The Morgan fingerprint density at radius 3 is 2.88 bits per heavy atom. The van der Waals surface area contributed by atoms with E-state index >= 15 is 0 Å². The molecule has 1 saturated heterocycles. The van der Waals surface area contributed by atoms with E-state index in [1.54, 1.807) is 11.8 Å². The van der Waals surface area contributed by atoms with Gasteiger partial charge in [-0.1, -0.05) is 23.8 Å². The van der Waals surface area contributed by atoms with Crippen LogP contribution in [0.3, 0.4) is 0 Å². The number of rotatable bonds is 2. The van der Waals surface area contributed by atoms with Gasteiger partial charge in [-0.15, -0.1) is 0 Å². The number of hydrogen-bond acceptors (Lipinski definition) is 3. The quantitative estimate of drug-likeness (QED) is 0.738. The molecule has 0 radical (unpaired) electrons. The van der Waals surface area contributed by atoms with E-state index in [0.29, 0.717) is 6.61 Å². The van der Waals surface area contributed by atoms with E-state index < -0.39 is 0 Å². The van der Waals surface area contributed by atoms with Crippen molar-refractivity contribution < 1.29 is 9.53 Å². The number of carbonyl (C=O) groups excluding carboxylic acids is 1. The lowest BCUT2D eigenvalue weighted by molar-refractivity contribution is 0.0518. The Balaban J connectivity index is 2.19. The number of ether oxygens (including phenoxy) is 1. The number of hydrogen-bond donors (Lipinski definition) is 0. The molecule has 1 atom stereocenters. The zero-order valence-corrected chi connectivity index (χ0v) is 10.5. The van der Waals surface area contributed by atoms with Crippen LogP contribution in [-0.4, -0.2) is 30.0 Å². The number of ketones is 1. The van der Waals surface area contributed by atoms with E-state index in [2.05, 4.69) is 0 Å². The molecule has 1 aliphatic rings. The summed E-state index contributed by atoms with van der Waals surface area (Å²) in [6.07, 6.45) is -0.250. The third kappa shape index (κ3) is 2.47. The van der Waals surface area contributed by atoms with E-state index in [9.17, 15) is 4.79 Å². The van der Waals surface area contributed by atoms with Crippen LogP contribution in [0.4, 0.5) is 0 Å². The first kappa shape index (κ1) is 11.7. The van der Waals surface area contributed by atoms with Gasteiger partial charge in [0.05, 0.1) is 6.61 Å². The van der Waals surface area contributed by atoms with Crippen LogP contribution in [0.5, 0.6) is 0 Å². The van der Waals surface area contributed by atoms with Gasteiger partial charge in [0.25, 0.3) is 0 Å². The molecule has 1 unspecified atom stereocenters. The summed E-state index contributed by atoms with van der Waals surface area (Å²) in [5.41, 5.74) is 3.04. The van der Waals surface area contributed by atoms with Gasteiger partial charge in [0, 0.05) is 17.1 Å². The fraction of sp³-hybridized carbons (Fsp3) is 0.462. The van der Waals surface area contributed by atoms with Gasteiger partial charge in [0.2, 0.25) is 0 Å². The van der Waals surface area contributed by atoms with E-state index in [0.717, 1.165) is 22.6 Å². The Kier molecular flexibility index (Phi) is 3.66. The molecule has 0 N–H and O–H groups in total. The maximum Gasteiger partial charge on any atom is 0.192 e. The Morgan fingerprint density at radius 1 is 1.44 bits per heavy atom. The molecule has 1 aliphatic heterocycles. The molecule has 2 rings (SSSR count). The van der Waals surface area contributed by atoms with Gasteiger partial charge in [0.15, 0.2) is 5.78 Å². The Bertz CT molecular complexity index is 395. The van der Waals surface area contributed by atoms with E-state index in [1.807, 2.05) is 32.0 Å². The summed E-state index contributed by atoms with van der Waals surface area (Å²) in [4.78, 5) is 12.2. The smallest absolute Gasteiger partial charge is 0.192 e. The highest BCUT2D eigenvalue weighted by atomic mass is 32.2. The van der Waals surface area contributed by atoms with Crippen LogP contribution >= 0.6 is 11.8 Å². The topological polar surface area (TPSA) is 26.3 Å². The van der Waals surface area contributed by atoms with E-state index in [-0.39, 0.29) is 11.9 Å². The van der Waals surface area contributed by atoms with Gasteiger partial charge < -0.3 is 4.74 Å². The molecule has 86 valence electrons. The fourth-order valence-corrected chi connectivity index (χ4v) is 2.75. The molecule has 16 heavy (non-hydrogen) atoms. The number of benzene rings is 1. The summed E-state index contributed by atoms with van der Waals surface area (Å²) in [6, 6.07) is 5.94. The van der Waals surface area contributed by atoms with Gasteiger partial charge in [-0.05, 0) is 19.4 Å². The third-order valence-corrected chi connectivity index (χ3v) is 3.75. The summed E-state index contributed by atoms with van der Waals surface area (Å²) < 4.78 is 5.51. The number of aryl methyl sites for hydroxylation is 2. The van der Waals surface area contributed by atoms with Crippen molar-refractivity contribution in [3.05, 3.63) is 34.9 Å². The average Bonchev–Trinajstić information content (AvgIpc) is 2.29. The van der Waals surface area contributed by atoms with Gasteiger partial charge >= 0.3 is 0 Å². The number of thioether (sulfide) groups is 1. The van der Waals surface area contributed by atoms with Crippen LogP contribution in [0.15, 0.2) is 18.2 Å². The highest BCUT2D eigenvalue weighted by molar-refractivity contribution is 7.99. The Hall–Kier alpha value is -0.800. The number of carbonyl (C=O) groups is 1. The summed E-state index contributed by atoms with van der Waals surface area (Å²) in [5.74, 6) is 1.91. The first-order chi connectivity index (χ1) is 7.68. The largest absolute Gasteiger partial charge is 0.368 e. The first-order valence-electron chi connectivity index (χ1n) is 5.49. The maximum atomic E-state index is 12.2. The molecule has 0 saturated carbocycles. The molecule has 3 heteroatoms. The molecule has 1 fully saturated rings. The average molecular weight is 236 g/mol. The van der Waals surface area contributed by atoms with Gasteiger partial charge in [0.1, 0.15) is 6.10 Å². The molecule has 1 aromatic carbocycles. The second-order valence-electron chi connectivity index (χ2n) is 4.12. The Labute approximate surface area is 100 Å². The zero-order chi connectivity index (χ0) is 11.5. The van der Waals surface area contributed by atoms with Crippen molar-refractivity contribution in [1.82, 2.24) is 0 Å². The van der Waals surface area contributed by atoms with Crippen molar-refractivity contribution in [1.29, 1.82) is 0 Å². The minimum absolute atomic E-state index is 0.129. The van der Waals surface area contributed by atoms with Crippen molar-refractivity contribution in [2.45, 2.75) is 20.0 Å². The zero-order valence-electron chi connectivity index (χ0n) is 9.66. The lowest BCUT2D eigenvalue weighted by atomic mass is 10.00. The molecule has 2 nitrogen and oxygen atoms in total. The van der Waals surface area contributed by atoms with Gasteiger partial charge in [-0.25, -0.2) is 0 Å². The van der Waals surface area contributed by atoms with Crippen LogP contribution in [-0.2, 0) is 4.74 Å². The number of Topliss-reactive ketones (excluding diaryl/α,β-unsaturated/α-hetero) is 1. The molecule has 1 heterocycles. The summed E-state index contributed by atoms with van der Waals surface area (Å²) >= 11 is 1.79. The second kappa shape index (κ2) is 5.02. The van der Waals surface area contributed by atoms with Crippen LogP contribution in [0, 0.1) is 13.8 Å². The highest BCUT2D eigenvalue weighted by Gasteiger charge is 2.24. The minimum atomic E-state index is -0.250. The third-order valence-electron chi connectivity index (χ3n) is 2.76. The van der Waals surface area contributed by atoms with Gasteiger partial charge in [-0.2, -0.15) is 11.8 Å². The van der Waals surface area contributed by atoms with Crippen molar-refractivity contribution in [3.63, 3.8) is 0 Å². The van der Waals surface area contributed by atoms with E-state index in [1.165, 1.54) is 5.56 Å².